The van der Waals surface area contributed by atoms with Crippen LogP contribution in [0.5, 0.6) is 0 Å². The molecule has 2 heteroatoms. The van der Waals surface area contributed by atoms with Crippen molar-refractivity contribution >= 4 is 5.69 Å². The summed E-state index contributed by atoms with van der Waals surface area (Å²) in [6.45, 7) is 2.89. The first-order valence-electron chi connectivity index (χ1n) is 5.08. The van der Waals surface area contributed by atoms with E-state index >= 15 is 0 Å². The maximum atomic E-state index is 5.33. The van der Waals surface area contributed by atoms with Crippen LogP contribution in [0, 0.1) is 12.3 Å². The highest BCUT2D eigenvalue weighted by Gasteiger charge is 2.01. The minimum atomic E-state index is 0.387. The molecule has 0 spiro atoms. The van der Waals surface area contributed by atoms with Crippen LogP contribution >= 0.6 is 0 Å². The van der Waals surface area contributed by atoms with Gasteiger partial charge < -0.3 is 10.1 Å². The molecule has 80 valence electrons. The van der Waals surface area contributed by atoms with E-state index in [0.29, 0.717) is 6.04 Å². The molecular weight excluding hydrogens is 186 g/mol. The van der Waals surface area contributed by atoms with Gasteiger partial charge in [-0.3, -0.25) is 0 Å². The van der Waals surface area contributed by atoms with E-state index in [9.17, 15) is 0 Å². The Morgan fingerprint density at radius 2 is 2.33 bits per heavy atom. The molecule has 0 heterocycles. The van der Waals surface area contributed by atoms with Gasteiger partial charge in [0.2, 0.25) is 0 Å². The van der Waals surface area contributed by atoms with Crippen molar-refractivity contribution in [2.45, 2.75) is 19.4 Å². The second-order valence-corrected chi connectivity index (χ2v) is 3.55. The molecule has 1 aromatic carbocycles. The van der Waals surface area contributed by atoms with E-state index in [1.807, 2.05) is 24.3 Å². The van der Waals surface area contributed by atoms with Crippen molar-refractivity contribution < 1.29 is 4.74 Å². The van der Waals surface area contributed by atoms with Crippen molar-refractivity contribution in [3.8, 4) is 12.3 Å². The molecule has 1 atom stereocenters. The van der Waals surface area contributed by atoms with Crippen molar-refractivity contribution in [1.82, 2.24) is 0 Å². The monoisotopic (exact) mass is 203 g/mol. The van der Waals surface area contributed by atoms with Crippen molar-refractivity contribution in [3.63, 3.8) is 0 Å². The Bertz CT molecular complexity index is 341. The van der Waals surface area contributed by atoms with Gasteiger partial charge in [0.25, 0.3) is 0 Å². The topological polar surface area (TPSA) is 21.3 Å². The normalized spacial score (nSPS) is 11.8. The molecule has 1 N–H and O–H groups in total. The highest BCUT2D eigenvalue weighted by atomic mass is 16.5. The van der Waals surface area contributed by atoms with Gasteiger partial charge in [-0.1, -0.05) is 12.0 Å². The highest BCUT2D eigenvalue weighted by molar-refractivity contribution is 5.50. The molecule has 0 saturated heterocycles. The lowest BCUT2D eigenvalue weighted by Crippen LogP contribution is -2.17. The van der Waals surface area contributed by atoms with Gasteiger partial charge >= 0.3 is 0 Å². The first-order chi connectivity index (χ1) is 7.26. The molecule has 0 aliphatic carbocycles. The maximum Gasteiger partial charge on any atom is 0.0481 e. The number of rotatable bonds is 5. The fourth-order valence-corrected chi connectivity index (χ4v) is 1.35. The van der Waals surface area contributed by atoms with Gasteiger partial charge in [0.15, 0.2) is 0 Å². The molecule has 0 amide bonds. The fourth-order valence-electron chi connectivity index (χ4n) is 1.35. The molecule has 1 unspecified atom stereocenters. The molecule has 1 rings (SSSR count). The third kappa shape index (κ3) is 4.05. The number of ether oxygens (including phenoxy) is 1. The number of methoxy groups -OCH3 is 1. The van der Waals surface area contributed by atoms with E-state index in [-0.39, 0.29) is 0 Å². The van der Waals surface area contributed by atoms with Gasteiger partial charge in [-0.2, -0.15) is 0 Å². The predicted molar refractivity (Wildman–Crippen MR) is 64.0 cm³/mol. The summed E-state index contributed by atoms with van der Waals surface area (Å²) in [5.41, 5.74) is 1.97. The standard InChI is InChI=1S/C13H17NO/c1-4-12-6-5-7-13(10-12)14-11(2)8-9-15-3/h1,5-7,10-11,14H,8-9H2,2-3H3. The van der Waals surface area contributed by atoms with E-state index in [4.69, 9.17) is 11.2 Å². The van der Waals surface area contributed by atoms with Gasteiger partial charge in [0, 0.05) is 31.0 Å². The third-order valence-corrected chi connectivity index (χ3v) is 2.20. The number of terminal acetylenes is 1. The Balaban J connectivity index is 2.53. The molecule has 0 aliphatic rings. The van der Waals surface area contributed by atoms with Crippen LogP contribution in [0.1, 0.15) is 18.9 Å². The van der Waals surface area contributed by atoms with E-state index < -0.39 is 0 Å². The molecular formula is C13H17NO. The summed E-state index contributed by atoms with van der Waals surface area (Å²) in [6.07, 6.45) is 6.31. The summed E-state index contributed by atoms with van der Waals surface area (Å²) in [5, 5.41) is 3.38. The lowest BCUT2D eigenvalue weighted by atomic mass is 10.2. The van der Waals surface area contributed by atoms with Gasteiger partial charge in [-0.25, -0.2) is 0 Å². The van der Waals surface area contributed by atoms with Crippen LogP contribution in [0.25, 0.3) is 0 Å². The summed E-state index contributed by atoms with van der Waals surface area (Å²) < 4.78 is 5.02. The van der Waals surface area contributed by atoms with Crippen molar-refractivity contribution in [1.29, 1.82) is 0 Å². The first kappa shape index (κ1) is 11.6. The second kappa shape index (κ2) is 6.10. The Labute approximate surface area is 91.6 Å². The lowest BCUT2D eigenvalue weighted by Gasteiger charge is -2.14. The smallest absolute Gasteiger partial charge is 0.0481 e. The van der Waals surface area contributed by atoms with E-state index in [1.165, 1.54) is 0 Å². The van der Waals surface area contributed by atoms with Crippen LogP contribution in [0.3, 0.4) is 0 Å². The number of anilines is 1. The summed E-state index contributed by atoms with van der Waals surface area (Å²) in [6, 6.07) is 8.26. The minimum Gasteiger partial charge on any atom is -0.385 e. The molecule has 2 nitrogen and oxygen atoms in total. The van der Waals surface area contributed by atoms with Crippen molar-refractivity contribution in [2.24, 2.45) is 0 Å². The first-order valence-corrected chi connectivity index (χ1v) is 5.08. The number of benzene rings is 1. The predicted octanol–water partition coefficient (Wildman–Crippen LogP) is 2.50. The van der Waals surface area contributed by atoms with Crippen LogP contribution in [0.2, 0.25) is 0 Å². The van der Waals surface area contributed by atoms with Crippen LogP contribution in [0.15, 0.2) is 24.3 Å². The number of hydrogen-bond acceptors (Lipinski definition) is 2. The van der Waals surface area contributed by atoms with E-state index in [1.54, 1.807) is 7.11 Å². The van der Waals surface area contributed by atoms with Crippen LogP contribution in [0.4, 0.5) is 5.69 Å². The fraction of sp³-hybridized carbons (Fsp3) is 0.385. The maximum absolute atomic E-state index is 5.33. The summed E-state index contributed by atoms with van der Waals surface area (Å²) in [4.78, 5) is 0. The molecule has 0 saturated carbocycles. The third-order valence-electron chi connectivity index (χ3n) is 2.20. The summed E-state index contributed by atoms with van der Waals surface area (Å²) in [5.74, 6) is 2.62. The number of hydrogen-bond donors (Lipinski definition) is 1. The summed E-state index contributed by atoms with van der Waals surface area (Å²) in [7, 11) is 1.71. The van der Waals surface area contributed by atoms with E-state index in [0.717, 1.165) is 24.3 Å². The molecule has 0 radical (unpaired) electrons. The molecule has 0 fully saturated rings. The van der Waals surface area contributed by atoms with Crippen molar-refractivity contribution in [2.75, 3.05) is 19.0 Å². The van der Waals surface area contributed by atoms with Crippen LogP contribution in [-0.4, -0.2) is 19.8 Å². The Hall–Kier alpha value is -1.46. The largest absolute Gasteiger partial charge is 0.385 e. The van der Waals surface area contributed by atoms with Gasteiger partial charge in [-0.15, -0.1) is 6.42 Å². The van der Waals surface area contributed by atoms with Gasteiger partial charge in [0.1, 0.15) is 0 Å². The average molecular weight is 203 g/mol. The Kier molecular flexibility index (Phi) is 4.73. The molecule has 1 aromatic rings. The van der Waals surface area contributed by atoms with Gasteiger partial charge in [-0.05, 0) is 31.5 Å². The average Bonchev–Trinajstić information content (AvgIpc) is 2.26. The molecule has 0 aromatic heterocycles. The SMILES string of the molecule is C#Cc1cccc(NC(C)CCOC)c1. The zero-order chi connectivity index (χ0) is 11.1. The van der Waals surface area contributed by atoms with Crippen molar-refractivity contribution in [3.05, 3.63) is 29.8 Å². The van der Waals surface area contributed by atoms with Crippen LogP contribution in [-0.2, 0) is 4.74 Å². The zero-order valence-corrected chi connectivity index (χ0v) is 9.29. The lowest BCUT2D eigenvalue weighted by molar-refractivity contribution is 0.191. The summed E-state index contributed by atoms with van der Waals surface area (Å²) >= 11 is 0. The minimum absolute atomic E-state index is 0.387. The highest BCUT2D eigenvalue weighted by Crippen LogP contribution is 2.11. The quantitative estimate of drug-likeness (QED) is 0.742. The second-order valence-electron chi connectivity index (χ2n) is 3.55. The molecule has 15 heavy (non-hydrogen) atoms. The molecule has 0 bridgehead atoms. The zero-order valence-electron chi connectivity index (χ0n) is 9.29. The van der Waals surface area contributed by atoms with Crippen LogP contribution < -0.4 is 5.32 Å². The van der Waals surface area contributed by atoms with Gasteiger partial charge in [0.05, 0.1) is 0 Å². The van der Waals surface area contributed by atoms with E-state index in [2.05, 4.69) is 18.2 Å². The Morgan fingerprint density at radius 3 is 3.00 bits per heavy atom. The molecule has 0 aliphatic heterocycles. The number of nitrogens with one attached hydrogen (secondary N) is 1. The Morgan fingerprint density at radius 1 is 1.53 bits per heavy atom.